The van der Waals surface area contributed by atoms with Crippen molar-refractivity contribution in [1.29, 1.82) is 0 Å². The quantitative estimate of drug-likeness (QED) is 0.620. The molecule has 0 atom stereocenters. The number of nitrogens with zero attached hydrogens (tertiary/aromatic N) is 3. The SMILES string of the molecule is C=C(C)c1cnn2ccc(/C(=C/C)c3ccc(CC(F)F)nc3C)cc12. The van der Waals surface area contributed by atoms with Crippen molar-refractivity contribution in [1.82, 2.24) is 14.6 Å². The molecule has 5 heteroatoms. The average molecular weight is 353 g/mol. The number of aryl methyl sites for hydroxylation is 1. The summed E-state index contributed by atoms with van der Waals surface area (Å²) in [7, 11) is 0. The van der Waals surface area contributed by atoms with E-state index >= 15 is 0 Å². The van der Waals surface area contributed by atoms with Crippen LogP contribution in [0, 0.1) is 6.92 Å². The Morgan fingerprint density at radius 1 is 1.27 bits per heavy atom. The number of alkyl halides is 2. The van der Waals surface area contributed by atoms with Crippen molar-refractivity contribution in [3.63, 3.8) is 0 Å². The lowest BCUT2D eigenvalue weighted by Crippen LogP contribution is -2.03. The van der Waals surface area contributed by atoms with Crippen molar-refractivity contribution in [3.05, 3.63) is 77.4 Å². The molecule has 3 nitrogen and oxygen atoms in total. The molecular formula is C21H21F2N3. The van der Waals surface area contributed by atoms with Gasteiger partial charge in [-0.2, -0.15) is 5.10 Å². The molecule has 134 valence electrons. The van der Waals surface area contributed by atoms with Crippen LogP contribution in [0.25, 0.3) is 16.7 Å². The van der Waals surface area contributed by atoms with E-state index in [0.29, 0.717) is 5.69 Å². The Morgan fingerprint density at radius 3 is 2.65 bits per heavy atom. The summed E-state index contributed by atoms with van der Waals surface area (Å²) in [5, 5.41) is 4.35. The van der Waals surface area contributed by atoms with Gasteiger partial charge in [0.15, 0.2) is 0 Å². The van der Waals surface area contributed by atoms with Crippen LogP contribution in [0.1, 0.15) is 41.9 Å². The largest absolute Gasteiger partial charge is 0.257 e. The minimum Gasteiger partial charge on any atom is -0.257 e. The highest BCUT2D eigenvalue weighted by molar-refractivity contribution is 5.84. The summed E-state index contributed by atoms with van der Waals surface area (Å²) in [6, 6.07) is 7.60. The number of halogens is 2. The minimum atomic E-state index is -2.39. The first-order valence-electron chi connectivity index (χ1n) is 8.45. The van der Waals surface area contributed by atoms with Crippen LogP contribution in [-0.4, -0.2) is 21.0 Å². The van der Waals surface area contributed by atoms with Crippen LogP contribution in [0.5, 0.6) is 0 Å². The summed E-state index contributed by atoms with van der Waals surface area (Å²) >= 11 is 0. The van der Waals surface area contributed by atoms with Crippen LogP contribution in [0.4, 0.5) is 8.78 Å². The van der Waals surface area contributed by atoms with E-state index in [9.17, 15) is 8.78 Å². The minimum absolute atomic E-state index is 0.323. The lowest BCUT2D eigenvalue weighted by atomic mass is 9.96. The Kier molecular flexibility index (Phi) is 4.98. The van der Waals surface area contributed by atoms with Crippen molar-refractivity contribution in [3.8, 4) is 0 Å². The van der Waals surface area contributed by atoms with Crippen molar-refractivity contribution in [2.24, 2.45) is 0 Å². The van der Waals surface area contributed by atoms with Crippen LogP contribution < -0.4 is 0 Å². The zero-order valence-electron chi connectivity index (χ0n) is 15.1. The third-order valence-corrected chi connectivity index (χ3v) is 4.38. The van der Waals surface area contributed by atoms with Gasteiger partial charge in [-0.05, 0) is 55.7 Å². The predicted molar refractivity (Wildman–Crippen MR) is 101 cm³/mol. The number of aromatic nitrogens is 3. The molecule has 0 N–H and O–H groups in total. The topological polar surface area (TPSA) is 30.2 Å². The number of hydrogen-bond donors (Lipinski definition) is 0. The zero-order chi connectivity index (χ0) is 18.8. The van der Waals surface area contributed by atoms with Gasteiger partial charge >= 0.3 is 0 Å². The second-order valence-electron chi connectivity index (χ2n) is 6.32. The molecule has 0 saturated heterocycles. The summed E-state index contributed by atoms with van der Waals surface area (Å²) < 4.78 is 27.0. The van der Waals surface area contributed by atoms with Gasteiger partial charge in [0, 0.05) is 28.7 Å². The van der Waals surface area contributed by atoms with E-state index in [1.165, 1.54) is 0 Å². The zero-order valence-corrected chi connectivity index (χ0v) is 15.1. The van der Waals surface area contributed by atoms with Crippen molar-refractivity contribution < 1.29 is 8.78 Å². The molecule has 26 heavy (non-hydrogen) atoms. The Labute approximate surface area is 151 Å². The van der Waals surface area contributed by atoms with Crippen LogP contribution in [0.15, 0.2) is 49.3 Å². The van der Waals surface area contributed by atoms with Crippen LogP contribution >= 0.6 is 0 Å². The number of pyridine rings is 2. The molecule has 0 saturated carbocycles. The third-order valence-electron chi connectivity index (χ3n) is 4.38. The van der Waals surface area contributed by atoms with Gasteiger partial charge in [0.05, 0.1) is 18.1 Å². The maximum absolute atomic E-state index is 12.6. The molecule has 0 fully saturated rings. The summed E-state index contributed by atoms with van der Waals surface area (Å²) in [5.74, 6) is 0. The average Bonchev–Trinajstić information content (AvgIpc) is 3.00. The number of allylic oxidation sites excluding steroid dienone is 2. The molecule has 0 amide bonds. The van der Waals surface area contributed by atoms with E-state index in [1.807, 2.05) is 55.9 Å². The molecule has 0 aliphatic carbocycles. The molecule has 0 bridgehead atoms. The molecule has 3 heterocycles. The number of hydrogen-bond acceptors (Lipinski definition) is 2. The number of rotatable bonds is 5. The van der Waals surface area contributed by atoms with Gasteiger partial charge in [-0.25, -0.2) is 13.3 Å². The molecule has 3 aromatic rings. The second-order valence-corrected chi connectivity index (χ2v) is 6.32. The molecule has 0 aromatic carbocycles. The van der Waals surface area contributed by atoms with Crippen LogP contribution in [0.2, 0.25) is 0 Å². The Hall–Kier alpha value is -2.82. The van der Waals surface area contributed by atoms with Gasteiger partial charge in [0.2, 0.25) is 6.43 Å². The smallest absolute Gasteiger partial charge is 0.244 e. The lowest BCUT2D eigenvalue weighted by molar-refractivity contribution is 0.148. The third kappa shape index (κ3) is 3.43. The second kappa shape index (κ2) is 7.20. The summed E-state index contributed by atoms with van der Waals surface area (Å²) in [6.07, 6.45) is 3.02. The van der Waals surface area contributed by atoms with Crippen molar-refractivity contribution >= 4 is 16.7 Å². The molecule has 0 aliphatic rings. The fourth-order valence-electron chi connectivity index (χ4n) is 3.12. The van der Waals surface area contributed by atoms with Crippen molar-refractivity contribution in [2.75, 3.05) is 0 Å². The van der Waals surface area contributed by atoms with E-state index in [2.05, 4.69) is 22.7 Å². The van der Waals surface area contributed by atoms with Gasteiger partial charge in [-0.3, -0.25) is 4.98 Å². The first-order chi connectivity index (χ1) is 12.4. The number of fused-ring (bicyclic) bond motifs is 1. The monoisotopic (exact) mass is 353 g/mol. The summed E-state index contributed by atoms with van der Waals surface area (Å²) in [4.78, 5) is 4.35. The molecule has 0 unspecified atom stereocenters. The highest BCUT2D eigenvalue weighted by atomic mass is 19.3. The van der Waals surface area contributed by atoms with E-state index in [0.717, 1.165) is 39.0 Å². The normalized spacial score (nSPS) is 12.2. The van der Waals surface area contributed by atoms with Gasteiger partial charge in [-0.1, -0.05) is 18.7 Å². The van der Waals surface area contributed by atoms with Gasteiger partial charge < -0.3 is 0 Å². The molecular weight excluding hydrogens is 332 g/mol. The van der Waals surface area contributed by atoms with Crippen LogP contribution in [0.3, 0.4) is 0 Å². The molecule has 0 aliphatic heterocycles. The van der Waals surface area contributed by atoms with E-state index in [4.69, 9.17) is 0 Å². The Morgan fingerprint density at radius 2 is 2.04 bits per heavy atom. The lowest BCUT2D eigenvalue weighted by Gasteiger charge is -2.13. The molecule has 3 aromatic heterocycles. The summed E-state index contributed by atoms with van der Waals surface area (Å²) in [6.45, 7) is 9.78. The maximum Gasteiger partial charge on any atom is 0.244 e. The van der Waals surface area contributed by atoms with E-state index in [-0.39, 0.29) is 6.42 Å². The standard InChI is InChI=1S/C21H21F2N3/c1-5-17(18-7-6-16(11-21(22)23)25-14(18)4)15-8-9-26-20(10-15)19(12-24-26)13(2)3/h5-10,12,21H,2,11H2,1,3-4H3/b17-5-. The fourth-order valence-corrected chi connectivity index (χ4v) is 3.12. The first kappa shape index (κ1) is 18.0. The van der Waals surface area contributed by atoms with Gasteiger partial charge in [-0.15, -0.1) is 0 Å². The van der Waals surface area contributed by atoms with Crippen molar-refractivity contribution in [2.45, 2.75) is 33.6 Å². The molecule has 0 radical (unpaired) electrons. The highest BCUT2D eigenvalue weighted by Crippen LogP contribution is 2.28. The molecule has 0 spiro atoms. The Bertz CT molecular complexity index is 1000. The van der Waals surface area contributed by atoms with Crippen LogP contribution in [-0.2, 0) is 6.42 Å². The molecule has 3 rings (SSSR count). The van der Waals surface area contributed by atoms with E-state index < -0.39 is 6.43 Å². The van der Waals surface area contributed by atoms with Gasteiger partial charge in [0.1, 0.15) is 0 Å². The Balaban J connectivity index is 2.05. The maximum atomic E-state index is 12.6. The van der Waals surface area contributed by atoms with Gasteiger partial charge in [0.25, 0.3) is 0 Å². The predicted octanol–water partition coefficient (Wildman–Crippen LogP) is 5.33. The van der Waals surface area contributed by atoms with E-state index in [1.54, 1.807) is 6.07 Å². The first-order valence-corrected chi connectivity index (χ1v) is 8.45. The fraction of sp³-hybridized carbons (Fsp3) is 0.238. The summed E-state index contributed by atoms with van der Waals surface area (Å²) in [5.41, 5.74) is 7.06. The highest BCUT2D eigenvalue weighted by Gasteiger charge is 2.13.